The summed E-state index contributed by atoms with van der Waals surface area (Å²) in [5.74, 6) is 0.625. The molecule has 1 aromatic carbocycles. The van der Waals surface area contributed by atoms with Crippen LogP contribution in [0.15, 0.2) is 23.1 Å². The van der Waals surface area contributed by atoms with E-state index in [1.54, 1.807) is 19.1 Å². The Bertz CT molecular complexity index is 663. The third-order valence-electron chi connectivity index (χ3n) is 3.56. The second-order valence-electron chi connectivity index (χ2n) is 5.33. The summed E-state index contributed by atoms with van der Waals surface area (Å²) in [6.07, 6.45) is 0.812. The minimum Gasteiger partial charge on any atom is -0.493 e. The molecule has 0 spiro atoms. The molecule has 0 saturated heterocycles. The number of carbonyl (C=O) groups excluding carboxylic acids is 1. The van der Waals surface area contributed by atoms with E-state index >= 15 is 0 Å². The molecular weight excluding hydrogens is 348 g/mol. The van der Waals surface area contributed by atoms with Gasteiger partial charge >= 0.3 is 0 Å². The molecule has 0 fully saturated rings. The predicted octanol–water partition coefficient (Wildman–Crippen LogP) is 0.867. The number of hydrogen-bond donors (Lipinski definition) is 1. The van der Waals surface area contributed by atoms with Crippen LogP contribution < -0.4 is 14.2 Å². The molecule has 0 aliphatic carbocycles. The summed E-state index contributed by atoms with van der Waals surface area (Å²) < 4.78 is 42.2. The number of sulfonamides is 1. The molecule has 1 aromatic rings. The van der Waals surface area contributed by atoms with Gasteiger partial charge in [0.15, 0.2) is 11.5 Å². The number of amides is 1. The summed E-state index contributed by atoms with van der Waals surface area (Å²) in [6.45, 7) is 1.16. The Morgan fingerprint density at radius 2 is 1.84 bits per heavy atom. The first-order chi connectivity index (χ1) is 11.9. The summed E-state index contributed by atoms with van der Waals surface area (Å²) in [4.78, 5) is 13.6. The zero-order valence-corrected chi connectivity index (χ0v) is 15.9. The number of benzene rings is 1. The average Bonchev–Trinajstić information content (AvgIpc) is 2.60. The third-order valence-corrected chi connectivity index (χ3v) is 5.02. The van der Waals surface area contributed by atoms with Gasteiger partial charge in [-0.15, -0.1) is 0 Å². The SMILES string of the molecule is COCCCN(C)C(=O)CCNS(=O)(=O)c1ccc(OC)c(OC)c1. The fourth-order valence-electron chi connectivity index (χ4n) is 2.12. The fraction of sp³-hybridized carbons (Fsp3) is 0.562. The van der Waals surface area contributed by atoms with Gasteiger partial charge in [0.1, 0.15) is 0 Å². The Balaban J connectivity index is 2.60. The highest BCUT2D eigenvalue weighted by molar-refractivity contribution is 7.89. The normalized spacial score (nSPS) is 11.2. The lowest BCUT2D eigenvalue weighted by atomic mass is 10.3. The molecule has 25 heavy (non-hydrogen) atoms. The van der Waals surface area contributed by atoms with Crippen LogP contribution in [0.4, 0.5) is 0 Å². The number of rotatable bonds is 11. The maximum Gasteiger partial charge on any atom is 0.240 e. The van der Waals surface area contributed by atoms with Crippen LogP contribution in [0, 0.1) is 0 Å². The minimum atomic E-state index is -3.74. The Morgan fingerprint density at radius 3 is 2.44 bits per heavy atom. The van der Waals surface area contributed by atoms with Crippen molar-refractivity contribution in [1.29, 1.82) is 0 Å². The van der Waals surface area contributed by atoms with Crippen LogP contribution in [0.5, 0.6) is 11.5 Å². The molecule has 0 heterocycles. The zero-order chi connectivity index (χ0) is 18.9. The standard InChI is InChI=1S/C16H26N2O6S/c1-18(10-5-11-22-2)16(19)8-9-17-25(20,21)13-6-7-14(23-3)15(12-13)24-4/h6-7,12,17H,5,8-11H2,1-4H3. The number of carbonyl (C=O) groups is 1. The smallest absolute Gasteiger partial charge is 0.240 e. The van der Waals surface area contributed by atoms with Crippen molar-refractivity contribution in [2.24, 2.45) is 0 Å². The Morgan fingerprint density at radius 1 is 1.16 bits per heavy atom. The van der Waals surface area contributed by atoms with Crippen molar-refractivity contribution in [3.8, 4) is 11.5 Å². The summed E-state index contributed by atoms with van der Waals surface area (Å²) in [6, 6.07) is 4.31. The molecule has 9 heteroatoms. The quantitative estimate of drug-likeness (QED) is 0.578. The highest BCUT2D eigenvalue weighted by atomic mass is 32.2. The van der Waals surface area contributed by atoms with E-state index in [1.807, 2.05) is 0 Å². The van der Waals surface area contributed by atoms with Gasteiger partial charge in [-0.25, -0.2) is 13.1 Å². The number of nitrogens with zero attached hydrogens (tertiary/aromatic N) is 1. The van der Waals surface area contributed by atoms with Crippen molar-refractivity contribution in [1.82, 2.24) is 9.62 Å². The Hall–Kier alpha value is -1.84. The van der Waals surface area contributed by atoms with Crippen LogP contribution in [0.3, 0.4) is 0 Å². The number of ether oxygens (including phenoxy) is 3. The van der Waals surface area contributed by atoms with Gasteiger partial charge in [-0.3, -0.25) is 4.79 Å². The maximum atomic E-state index is 12.3. The molecule has 1 N–H and O–H groups in total. The van der Waals surface area contributed by atoms with Gasteiger partial charge in [0.05, 0.1) is 19.1 Å². The maximum absolute atomic E-state index is 12.3. The lowest BCUT2D eigenvalue weighted by Gasteiger charge is -2.17. The van der Waals surface area contributed by atoms with E-state index in [0.29, 0.717) is 24.7 Å². The Labute approximate surface area is 149 Å². The van der Waals surface area contributed by atoms with Gasteiger partial charge in [-0.1, -0.05) is 0 Å². The molecule has 0 atom stereocenters. The second kappa shape index (κ2) is 10.2. The van der Waals surface area contributed by atoms with Crippen molar-refractivity contribution in [2.75, 3.05) is 48.1 Å². The molecule has 0 aromatic heterocycles. The van der Waals surface area contributed by atoms with Crippen LogP contribution in [-0.2, 0) is 19.6 Å². The number of hydrogen-bond acceptors (Lipinski definition) is 6. The zero-order valence-electron chi connectivity index (χ0n) is 15.1. The van der Waals surface area contributed by atoms with Crippen LogP contribution in [0.1, 0.15) is 12.8 Å². The van der Waals surface area contributed by atoms with Crippen molar-refractivity contribution in [3.05, 3.63) is 18.2 Å². The predicted molar refractivity (Wildman–Crippen MR) is 93.5 cm³/mol. The summed E-state index contributed by atoms with van der Waals surface area (Å²) in [5.41, 5.74) is 0. The molecule has 0 radical (unpaired) electrons. The van der Waals surface area contributed by atoms with Crippen LogP contribution in [-0.4, -0.2) is 67.3 Å². The van der Waals surface area contributed by atoms with E-state index in [-0.39, 0.29) is 23.8 Å². The molecule has 8 nitrogen and oxygen atoms in total. The van der Waals surface area contributed by atoms with Crippen molar-refractivity contribution in [3.63, 3.8) is 0 Å². The highest BCUT2D eigenvalue weighted by Gasteiger charge is 2.17. The first kappa shape index (κ1) is 21.2. The summed E-state index contributed by atoms with van der Waals surface area (Å²) in [5, 5.41) is 0. The van der Waals surface area contributed by atoms with Gasteiger partial charge in [-0.05, 0) is 18.6 Å². The van der Waals surface area contributed by atoms with Crippen molar-refractivity contribution >= 4 is 15.9 Å². The summed E-state index contributed by atoms with van der Waals surface area (Å²) in [7, 11) is 2.45. The van der Waals surface area contributed by atoms with E-state index in [0.717, 1.165) is 6.42 Å². The molecule has 0 aliphatic rings. The molecule has 142 valence electrons. The third kappa shape index (κ3) is 6.52. The van der Waals surface area contributed by atoms with Gasteiger partial charge in [-0.2, -0.15) is 0 Å². The molecule has 0 unspecified atom stereocenters. The molecule has 0 aliphatic heterocycles. The van der Waals surface area contributed by atoms with Crippen LogP contribution in [0.25, 0.3) is 0 Å². The van der Waals surface area contributed by atoms with Crippen molar-refractivity contribution in [2.45, 2.75) is 17.7 Å². The van der Waals surface area contributed by atoms with E-state index in [9.17, 15) is 13.2 Å². The largest absolute Gasteiger partial charge is 0.493 e. The minimum absolute atomic E-state index is 0.0180. The van der Waals surface area contributed by atoms with Gasteiger partial charge in [0, 0.05) is 46.3 Å². The highest BCUT2D eigenvalue weighted by Crippen LogP contribution is 2.29. The lowest BCUT2D eigenvalue weighted by Crippen LogP contribution is -2.33. The molecular formula is C16H26N2O6S. The van der Waals surface area contributed by atoms with Crippen LogP contribution in [0.2, 0.25) is 0 Å². The first-order valence-corrected chi connectivity index (χ1v) is 9.28. The van der Waals surface area contributed by atoms with E-state index in [2.05, 4.69) is 4.72 Å². The average molecular weight is 374 g/mol. The summed E-state index contributed by atoms with van der Waals surface area (Å²) >= 11 is 0. The van der Waals surface area contributed by atoms with E-state index in [4.69, 9.17) is 14.2 Å². The van der Waals surface area contributed by atoms with Gasteiger partial charge in [0.2, 0.25) is 15.9 Å². The number of nitrogens with one attached hydrogen (secondary N) is 1. The van der Waals surface area contributed by atoms with Gasteiger partial charge in [0.25, 0.3) is 0 Å². The first-order valence-electron chi connectivity index (χ1n) is 7.80. The molecule has 1 amide bonds. The lowest BCUT2D eigenvalue weighted by molar-refractivity contribution is -0.129. The monoisotopic (exact) mass is 374 g/mol. The second-order valence-corrected chi connectivity index (χ2v) is 7.09. The van der Waals surface area contributed by atoms with Crippen molar-refractivity contribution < 1.29 is 27.4 Å². The van der Waals surface area contributed by atoms with Gasteiger partial charge < -0.3 is 19.1 Å². The Kier molecular flexibility index (Phi) is 8.67. The fourth-order valence-corrected chi connectivity index (χ4v) is 3.17. The van der Waals surface area contributed by atoms with Crippen LogP contribution >= 0.6 is 0 Å². The number of methoxy groups -OCH3 is 3. The van der Waals surface area contributed by atoms with E-state index in [1.165, 1.54) is 32.4 Å². The van der Waals surface area contributed by atoms with E-state index < -0.39 is 10.0 Å². The molecule has 1 rings (SSSR count). The molecule has 0 saturated carbocycles. The molecule has 0 bridgehead atoms. The topological polar surface area (TPSA) is 94.2 Å².